The number of aliphatic hydroxyl groups is 2. The lowest BCUT2D eigenvalue weighted by atomic mass is 9.80. The summed E-state index contributed by atoms with van der Waals surface area (Å²) in [6, 6.07) is 37.4. The van der Waals surface area contributed by atoms with Crippen LogP contribution < -0.4 is 5.32 Å². The molecule has 274 valence electrons. The lowest BCUT2D eigenvalue weighted by Gasteiger charge is -2.39. The van der Waals surface area contributed by atoms with Gasteiger partial charge in [0, 0.05) is 19.5 Å². The number of hydrogen-bond acceptors (Lipinski definition) is 5. The van der Waals surface area contributed by atoms with Crippen LogP contribution in [0.3, 0.4) is 0 Å². The van der Waals surface area contributed by atoms with E-state index in [1.54, 1.807) is 0 Å². The number of rotatable bonds is 9. The van der Waals surface area contributed by atoms with E-state index < -0.39 is 11.2 Å². The Morgan fingerprint density at radius 3 is 1.47 bits per heavy atom. The SMILES string of the molecule is Cc1ccc(C(C)(C)CC=O)cc1.Cc1ccc(C(C)(C)CCN2CCC(O)(c3ccccc3)CC2)cc1.OC1(c2ccccc2)CCNCC1. The van der Waals surface area contributed by atoms with Gasteiger partial charge in [0.25, 0.3) is 0 Å². The Labute approximate surface area is 308 Å². The molecule has 2 fully saturated rings. The summed E-state index contributed by atoms with van der Waals surface area (Å²) in [5.74, 6) is 0. The van der Waals surface area contributed by atoms with E-state index in [0.29, 0.717) is 6.42 Å². The van der Waals surface area contributed by atoms with Crippen molar-refractivity contribution >= 4 is 6.29 Å². The molecule has 0 unspecified atom stereocenters. The summed E-state index contributed by atoms with van der Waals surface area (Å²) in [4.78, 5) is 13.0. The molecule has 51 heavy (non-hydrogen) atoms. The Bertz CT molecular complexity index is 1580. The lowest BCUT2D eigenvalue weighted by Crippen LogP contribution is -2.43. The zero-order chi connectivity index (χ0) is 37.0. The van der Waals surface area contributed by atoms with Gasteiger partial charge in [-0.05, 0) is 98.7 Å². The van der Waals surface area contributed by atoms with Gasteiger partial charge in [0.1, 0.15) is 6.29 Å². The first kappa shape index (κ1) is 40.2. The average molecular weight is 691 g/mol. The van der Waals surface area contributed by atoms with Crippen molar-refractivity contribution in [1.82, 2.24) is 10.2 Å². The Morgan fingerprint density at radius 1 is 0.627 bits per heavy atom. The molecular weight excluding hydrogens is 629 g/mol. The Kier molecular flexibility index (Phi) is 14.4. The Hall–Kier alpha value is -3.61. The molecule has 3 N–H and O–H groups in total. The third kappa shape index (κ3) is 11.7. The number of nitrogens with one attached hydrogen (secondary N) is 1. The largest absolute Gasteiger partial charge is 0.385 e. The first-order chi connectivity index (χ1) is 24.3. The van der Waals surface area contributed by atoms with E-state index >= 15 is 0 Å². The van der Waals surface area contributed by atoms with Gasteiger partial charge in [-0.25, -0.2) is 0 Å². The van der Waals surface area contributed by atoms with E-state index in [1.807, 2.05) is 48.5 Å². The third-order valence-electron chi connectivity index (χ3n) is 11.0. The van der Waals surface area contributed by atoms with E-state index in [9.17, 15) is 15.0 Å². The van der Waals surface area contributed by atoms with Crippen molar-refractivity contribution in [3.63, 3.8) is 0 Å². The molecule has 0 atom stereocenters. The van der Waals surface area contributed by atoms with Crippen LogP contribution in [0.4, 0.5) is 0 Å². The molecule has 2 saturated heterocycles. The minimum atomic E-state index is -0.649. The molecule has 5 heteroatoms. The highest BCUT2D eigenvalue weighted by atomic mass is 16.3. The topological polar surface area (TPSA) is 72.8 Å². The molecule has 2 heterocycles. The number of nitrogens with zero attached hydrogens (tertiary/aromatic N) is 1. The summed E-state index contributed by atoms with van der Waals surface area (Å²) in [6.07, 6.45) is 5.98. The van der Waals surface area contributed by atoms with Crippen molar-refractivity contribution in [1.29, 1.82) is 0 Å². The third-order valence-corrected chi connectivity index (χ3v) is 11.0. The van der Waals surface area contributed by atoms with Gasteiger partial charge in [0.2, 0.25) is 0 Å². The van der Waals surface area contributed by atoms with Crippen molar-refractivity contribution < 1.29 is 15.0 Å². The quantitative estimate of drug-likeness (QED) is 0.153. The number of hydrogen-bond donors (Lipinski definition) is 3. The first-order valence-corrected chi connectivity index (χ1v) is 18.8. The van der Waals surface area contributed by atoms with Gasteiger partial charge in [-0.3, -0.25) is 0 Å². The predicted octanol–water partition coefficient (Wildman–Crippen LogP) is 8.77. The van der Waals surface area contributed by atoms with Crippen LogP contribution in [0.2, 0.25) is 0 Å². The summed E-state index contributed by atoms with van der Waals surface area (Å²) in [5, 5.41) is 24.5. The fourth-order valence-corrected chi connectivity index (χ4v) is 6.98. The molecule has 4 aromatic carbocycles. The summed E-state index contributed by atoms with van der Waals surface area (Å²) in [6.45, 7) is 17.9. The van der Waals surface area contributed by atoms with E-state index in [2.05, 4.69) is 112 Å². The number of carbonyl (C=O) groups excluding carboxylic acids is 1. The van der Waals surface area contributed by atoms with Gasteiger partial charge in [-0.2, -0.15) is 0 Å². The van der Waals surface area contributed by atoms with Crippen molar-refractivity contribution in [2.24, 2.45) is 0 Å². The van der Waals surface area contributed by atoms with Gasteiger partial charge in [-0.15, -0.1) is 0 Å². The fourth-order valence-electron chi connectivity index (χ4n) is 6.98. The number of likely N-dealkylation sites (tertiary alicyclic amines) is 1. The molecule has 2 aliphatic rings. The van der Waals surface area contributed by atoms with E-state index in [0.717, 1.165) is 82.2 Å². The predicted molar refractivity (Wildman–Crippen MR) is 212 cm³/mol. The molecule has 0 amide bonds. The fraction of sp³-hybridized carbons (Fsp3) is 0.457. The van der Waals surface area contributed by atoms with Crippen LogP contribution in [0.15, 0.2) is 109 Å². The number of carbonyl (C=O) groups is 1. The molecule has 0 radical (unpaired) electrons. The Morgan fingerprint density at radius 2 is 1.04 bits per heavy atom. The van der Waals surface area contributed by atoms with Crippen LogP contribution in [-0.4, -0.2) is 54.1 Å². The van der Waals surface area contributed by atoms with Crippen molar-refractivity contribution in [3.05, 3.63) is 143 Å². The molecular formula is C46H62N2O3. The maximum Gasteiger partial charge on any atom is 0.120 e. The molecule has 2 aliphatic heterocycles. The van der Waals surface area contributed by atoms with Crippen molar-refractivity contribution in [2.75, 3.05) is 32.7 Å². The van der Waals surface area contributed by atoms with Crippen LogP contribution in [0.5, 0.6) is 0 Å². The van der Waals surface area contributed by atoms with Gasteiger partial charge in [0.15, 0.2) is 0 Å². The summed E-state index contributed by atoms with van der Waals surface area (Å²) >= 11 is 0. The second kappa shape index (κ2) is 18.2. The highest BCUT2D eigenvalue weighted by molar-refractivity contribution is 5.53. The van der Waals surface area contributed by atoms with Crippen LogP contribution in [0.25, 0.3) is 0 Å². The number of aldehydes is 1. The maximum absolute atomic E-state index is 11.0. The smallest absolute Gasteiger partial charge is 0.120 e. The number of aryl methyl sites for hydroxylation is 2. The zero-order valence-electron chi connectivity index (χ0n) is 32.0. The van der Waals surface area contributed by atoms with Gasteiger partial charge < -0.3 is 25.2 Å². The normalized spacial score (nSPS) is 17.3. The zero-order valence-corrected chi connectivity index (χ0v) is 32.0. The van der Waals surface area contributed by atoms with Gasteiger partial charge in [0.05, 0.1) is 11.2 Å². The van der Waals surface area contributed by atoms with Gasteiger partial charge in [-0.1, -0.05) is 148 Å². The van der Waals surface area contributed by atoms with E-state index in [-0.39, 0.29) is 10.8 Å². The van der Waals surface area contributed by atoms with Crippen LogP contribution in [0.1, 0.15) is 99.6 Å². The Balaban J connectivity index is 0.000000189. The maximum atomic E-state index is 11.0. The average Bonchev–Trinajstić information content (AvgIpc) is 3.13. The van der Waals surface area contributed by atoms with Crippen LogP contribution >= 0.6 is 0 Å². The molecule has 0 spiro atoms. The van der Waals surface area contributed by atoms with Crippen LogP contribution in [-0.2, 0) is 26.8 Å². The molecule has 4 aromatic rings. The minimum absolute atomic E-state index is 0.0323. The molecule has 5 nitrogen and oxygen atoms in total. The number of piperidine rings is 2. The first-order valence-electron chi connectivity index (χ1n) is 18.8. The van der Waals surface area contributed by atoms with Crippen molar-refractivity contribution in [2.45, 2.75) is 102 Å². The van der Waals surface area contributed by atoms with Crippen LogP contribution in [0, 0.1) is 13.8 Å². The summed E-state index contributed by atoms with van der Waals surface area (Å²) < 4.78 is 0. The molecule has 0 aliphatic carbocycles. The highest BCUT2D eigenvalue weighted by Gasteiger charge is 2.34. The molecule has 6 rings (SSSR count). The van der Waals surface area contributed by atoms with Gasteiger partial charge >= 0.3 is 0 Å². The molecule has 0 saturated carbocycles. The molecule has 0 bridgehead atoms. The molecule has 0 aromatic heterocycles. The van der Waals surface area contributed by atoms with Crippen molar-refractivity contribution in [3.8, 4) is 0 Å². The minimum Gasteiger partial charge on any atom is -0.385 e. The highest BCUT2D eigenvalue weighted by Crippen LogP contribution is 2.34. The number of benzene rings is 4. The monoisotopic (exact) mass is 690 g/mol. The summed E-state index contributed by atoms with van der Waals surface area (Å²) in [7, 11) is 0. The second-order valence-corrected chi connectivity index (χ2v) is 16.0. The standard InChI is InChI=1S/C23H31NO.C12H16O.C11H15NO/c1-19-9-11-20(12-10-19)22(2,3)13-16-24-17-14-23(25,15-18-24)21-7-5-4-6-8-21;1-10-4-6-11(7-5-10)12(2,3)8-9-13;13-11(6-8-12-9-7-11)10-4-2-1-3-5-10/h4-12,25H,13-18H2,1-3H3;4-7,9H,8H2,1-3H3;1-5,12-13H,6-9H2. The second-order valence-electron chi connectivity index (χ2n) is 16.0. The van der Waals surface area contributed by atoms with E-state index in [1.165, 1.54) is 22.3 Å². The van der Waals surface area contributed by atoms with E-state index in [4.69, 9.17) is 0 Å². The summed E-state index contributed by atoms with van der Waals surface area (Å²) in [5.41, 5.74) is 6.24. The lowest BCUT2D eigenvalue weighted by molar-refractivity contribution is -0.108.